The predicted octanol–water partition coefficient (Wildman–Crippen LogP) is -0.388. The molecule has 0 aliphatic rings. The average molecular weight is 242 g/mol. The maximum absolute atomic E-state index is 3.67. The molecule has 0 unspecified atom stereocenters. The Morgan fingerprint density at radius 3 is 1.00 bits per heavy atom. The van der Waals surface area contributed by atoms with Crippen molar-refractivity contribution in [3.8, 4) is 0 Å². The fourth-order valence-corrected chi connectivity index (χ4v) is 0. The van der Waals surface area contributed by atoms with Crippen molar-refractivity contribution in [2.24, 2.45) is 0 Å². The minimum absolute atomic E-state index is 0. The van der Waals surface area contributed by atoms with Gasteiger partial charge in [-0.05, 0) is 0 Å². The van der Waals surface area contributed by atoms with Crippen LogP contribution < -0.4 is 0 Å². The minimum atomic E-state index is 0. The van der Waals surface area contributed by atoms with E-state index in [2.05, 4.69) is 23.3 Å². The standard InChI is InChI=1S/Ag.Ga.S2/c;;1-2/q;;-2. The van der Waals surface area contributed by atoms with Crippen LogP contribution in [-0.2, 0) is 45.7 Å². The van der Waals surface area contributed by atoms with E-state index in [9.17, 15) is 0 Å². The molecule has 0 N–H and O–H groups in total. The van der Waals surface area contributed by atoms with Crippen LogP contribution in [0.2, 0.25) is 0 Å². The molecule has 0 atom stereocenters. The van der Waals surface area contributed by atoms with E-state index in [1.165, 1.54) is 0 Å². The summed E-state index contributed by atoms with van der Waals surface area (Å²) in [6, 6.07) is 0. The zero-order valence-electron chi connectivity index (χ0n) is 1.70. The molecule has 4 radical (unpaired) electrons. The molecule has 0 saturated carbocycles. The molecule has 28 valence electrons. The van der Waals surface area contributed by atoms with E-state index in [1.54, 1.807) is 0 Å². The van der Waals surface area contributed by atoms with E-state index in [4.69, 9.17) is 0 Å². The first-order valence-corrected chi connectivity index (χ1v) is 1.50. The van der Waals surface area contributed by atoms with E-state index in [-0.39, 0.29) is 42.2 Å². The first-order valence-electron chi connectivity index (χ1n) is 0.167. The molecule has 0 amide bonds. The van der Waals surface area contributed by atoms with Crippen molar-refractivity contribution in [1.82, 2.24) is 0 Å². The van der Waals surface area contributed by atoms with E-state index < -0.39 is 0 Å². The third-order valence-electron chi connectivity index (χ3n) is 0. The monoisotopic (exact) mass is 240 g/mol. The zero-order chi connectivity index (χ0) is 2.00. The molecule has 0 heterocycles. The van der Waals surface area contributed by atoms with Gasteiger partial charge >= 0.3 is 0 Å². The molecule has 0 bridgehead atoms. The molecule has 0 fully saturated rings. The molecule has 0 aliphatic carbocycles. The number of hydrogen-bond donors (Lipinski definition) is 0. The summed E-state index contributed by atoms with van der Waals surface area (Å²) in [5.74, 6) is 0. The fourth-order valence-electron chi connectivity index (χ4n) is 0. The smallest absolute Gasteiger partial charge is 0 e. The zero-order valence-corrected chi connectivity index (χ0v) is 7.23. The minimum Gasteiger partial charge on any atom is -1.00 e. The van der Waals surface area contributed by atoms with Crippen LogP contribution in [-0.4, -0.2) is 19.8 Å². The van der Waals surface area contributed by atoms with Gasteiger partial charge in [0.1, 0.15) is 0 Å². The van der Waals surface area contributed by atoms with Gasteiger partial charge in [0.15, 0.2) is 0 Å². The summed E-state index contributed by atoms with van der Waals surface area (Å²) in [5, 5.41) is 0. The summed E-state index contributed by atoms with van der Waals surface area (Å²) in [6.07, 6.45) is 0. The second-order valence-corrected chi connectivity index (χ2v) is 0. The molecule has 0 aliphatic heterocycles. The van der Waals surface area contributed by atoms with Gasteiger partial charge in [0.25, 0.3) is 0 Å². The topological polar surface area (TPSA) is 0 Å². The normalized spacial score (nSPS) is 1.50. The maximum atomic E-state index is 3.67. The van der Waals surface area contributed by atoms with Crippen molar-refractivity contribution < 1.29 is 22.4 Å². The van der Waals surface area contributed by atoms with Gasteiger partial charge in [-0.2, -0.15) is 0 Å². The van der Waals surface area contributed by atoms with Crippen LogP contribution in [0.25, 0.3) is 0 Å². The van der Waals surface area contributed by atoms with Gasteiger partial charge in [-0.3, -0.25) is 0 Å². The second kappa shape index (κ2) is 19.6. The van der Waals surface area contributed by atoms with Crippen LogP contribution in [0.5, 0.6) is 0 Å². The Hall–Kier alpha value is 2.08. The third-order valence-corrected chi connectivity index (χ3v) is 0. The Kier molecular flexibility index (Phi) is 80.9. The number of hydrogen-bond acceptors (Lipinski definition) is 2. The van der Waals surface area contributed by atoms with E-state index >= 15 is 0 Å². The van der Waals surface area contributed by atoms with Crippen molar-refractivity contribution in [3.63, 3.8) is 0 Å². The van der Waals surface area contributed by atoms with Gasteiger partial charge in [0, 0.05) is 42.2 Å². The van der Waals surface area contributed by atoms with Crippen LogP contribution in [0, 0.1) is 0 Å². The van der Waals surface area contributed by atoms with Gasteiger partial charge < -0.3 is 23.3 Å². The Balaban J connectivity index is -0.00000000500. The SMILES string of the molecule is [Ag].[Ga].[S-][S-]. The van der Waals surface area contributed by atoms with Crippen LogP contribution in [0.3, 0.4) is 0 Å². The van der Waals surface area contributed by atoms with Crippen LogP contribution >= 0.6 is 0 Å². The fraction of sp³-hybridized carbons (Fsp3) is 0. The Bertz CT molecular complexity index is 6.00. The molecule has 0 aromatic rings. The van der Waals surface area contributed by atoms with Crippen LogP contribution in [0.4, 0.5) is 0 Å². The van der Waals surface area contributed by atoms with Crippen LogP contribution in [0.1, 0.15) is 0 Å². The van der Waals surface area contributed by atoms with Crippen molar-refractivity contribution in [2.45, 2.75) is 0 Å². The Labute approximate surface area is 64.9 Å². The third kappa shape index (κ3) is 8.95. The largest absolute Gasteiger partial charge is 1.00 e. The van der Waals surface area contributed by atoms with Crippen LogP contribution in [0.15, 0.2) is 0 Å². The molecular weight excluding hydrogens is 242 g/mol. The number of rotatable bonds is 0. The first-order chi connectivity index (χ1) is 1.00. The van der Waals surface area contributed by atoms with Crippen molar-refractivity contribution in [3.05, 3.63) is 0 Å². The van der Waals surface area contributed by atoms with Crippen molar-refractivity contribution in [1.29, 1.82) is 0 Å². The van der Waals surface area contributed by atoms with Gasteiger partial charge in [-0.25, -0.2) is 0 Å². The molecule has 0 aromatic carbocycles. The molecule has 0 rings (SSSR count). The molecule has 0 spiro atoms. The molecule has 0 saturated heterocycles. The molecule has 0 nitrogen and oxygen atoms in total. The van der Waals surface area contributed by atoms with E-state index in [0.717, 1.165) is 0 Å². The van der Waals surface area contributed by atoms with E-state index in [1.807, 2.05) is 0 Å². The Morgan fingerprint density at radius 1 is 1.00 bits per heavy atom. The van der Waals surface area contributed by atoms with Gasteiger partial charge in [0.2, 0.25) is 0 Å². The summed E-state index contributed by atoms with van der Waals surface area (Å²) < 4.78 is 0. The predicted molar refractivity (Wildman–Crippen MR) is 20.5 cm³/mol. The Morgan fingerprint density at radius 2 is 1.00 bits per heavy atom. The van der Waals surface area contributed by atoms with Gasteiger partial charge in [-0.15, -0.1) is 0 Å². The first kappa shape index (κ1) is 16.5. The molecule has 4 heteroatoms. The molecule has 0 aromatic heterocycles. The summed E-state index contributed by atoms with van der Waals surface area (Å²) >= 11 is 7.33. The van der Waals surface area contributed by atoms with Crippen molar-refractivity contribution >= 4 is 43.1 Å². The molecular formula is AgGaS2-2. The van der Waals surface area contributed by atoms with E-state index in [0.29, 0.717) is 0 Å². The second-order valence-electron chi connectivity index (χ2n) is 0. The average Bonchev–Trinajstić information content (AvgIpc) is 1.00. The van der Waals surface area contributed by atoms with Gasteiger partial charge in [0.05, 0.1) is 0 Å². The van der Waals surface area contributed by atoms with Crippen molar-refractivity contribution in [2.75, 3.05) is 0 Å². The summed E-state index contributed by atoms with van der Waals surface area (Å²) in [4.78, 5) is 0. The summed E-state index contributed by atoms with van der Waals surface area (Å²) in [5.41, 5.74) is 0. The van der Waals surface area contributed by atoms with Gasteiger partial charge in [-0.1, -0.05) is 0 Å². The summed E-state index contributed by atoms with van der Waals surface area (Å²) in [6.45, 7) is 0. The summed E-state index contributed by atoms with van der Waals surface area (Å²) in [7, 11) is 0. The quantitative estimate of drug-likeness (QED) is 0.322. The molecule has 4 heavy (non-hydrogen) atoms. The maximum Gasteiger partial charge on any atom is 0 e.